The summed E-state index contributed by atoms with van der Waals surface area (Å²) in [6.07, 6.45) is 4.50. The summed E-state index contributed by atoms with van der Waals surface area (Å²) in [5.74, 6) is 0.919. The zero-order valence-electron chi connectivity index (χ0n) is 14.8. The molecule has 0 saturated heterocycles. The number of amides is 1. The molecule has 0 aromatic carbocycles. The number of hydrogen-bond donors (Lipinski definition) is 1. The van der Waals surface area contributed by atoms with Crippen molar-refractivity contribution < 1.29 is 9.32 Å². The summed E-state index contributed by atoms with van der Waals surface area (Å²) in [6, 6.07) is 7.18. The Balaban J connectivity index is 1.82. The molecule has 0 unspecified atom stereocenters. The Morgan fingerprint density at radius 2 is 2.16 bits per heavy atom. The highest BCUT2D eigenvalue weighted by atomic mass is 16.5. The summed E-state index contributed by atoms with van der Waals surface area (Å²) in [5, 5.41) is 15.4. The van der Waals surface area contributed by atoms with Crippen LogP contribution < -0.4 is 5.32 Å². The van der Waals surface area contributed by atoms with E-state index < -0.39 is 0 Å². The molecule has 3 aromatic rings. The molecule has 0 aliphatic rings. The lowest BCUT2D eigenvalue weighted by atomic mass is 10.1. The standard InChI is InChI=1S/C18H23N5O2/c1-4-8-13(17-21-20-16-9-6-7-10-23(16)17)19-18(24)15-11-14(22-25-15)12(3)5-2/h6-7,9-13H,4-5,8H2,1-3H3,(H,19,24)/t12-,13+/m1/s1. The minimum atomic E-state index is -0.284. The second kappa shape index (κ2) is 7.46. The molecule has 0 aliphatic carbocycles. The Bertz CT molecular complexity index is 854. The number of carbonyl (C=O) groups excluding carboxylic acids is 1. The summed E-state index contributed by atoms with van der Waals surface area (Å²) in [4.78, 5) is 12.6. The van der Waals surface area contributed by atoms with Crippen LogP contribution in [0.1, 0.15) is 74.1 Å². The van der Waals surface area contributed by atoms with E-state index in [-0.39, 0.29) is 23.6 Å². The fourth-order valence-corrected chi connectivity index (χ4v) is 2.72. The fraction of sp³-hybridized carbons (Fsp3) is 0.444. The van der Waals surface area contributed by atoms with Crippen LogP contribution in [0.2, 0.25) is 0 Å². The van der Waals surface area contributed by atoms with E-state index in [1.54, 1.807) is 6.07 Å². The third kappa shape index (κ3) is 3.55. The Morgan fingerprint density at radius 3 is 2.92 bits per heavy atom. The van der Waals surface area contributed by atoms with E-state index in [0.717, 1.165) is 30.6 Å². The van der Waals surface area contributed by atoms with Crippen molar-refractivity contribution in [1.82, 2.24) is 25.1 Å². The zero-order valence-corrected chi connectivity index (χ0v) is 14.8. The van der Waals surface area contributed by atoms with Crippen molar-refractivity contribution in [3.63, 3.8) is 0 Å². The number of carbonyl (C=O) groups is 1. The van der Waals surface area contributed by atoms with E-state index in [1.807, 2.05) is 28.8 Å². The van der Waals surface area contributed by atoms with Gasteiger partial charge in [-0.2, -0.15) is 0 Å². The second-order valence-electron chi connectivity index (χ2n) is 6.23. The van der Waals surface area contributed by atoms with E-state index in [9.17, 15) is 4.79 Å². The van der Waals surface area contributed by atoms with Crippen molar-refractivity contribution in [1.29, 1.82) is 0 Å². The first-order chi connectivity index (χ1) is 12.1. The maximum Gasteiger partial charge on any atom is 0.290 e. The van der Waals surface area contributed by atoms with Crippen LogP contribution in [0.3, 0.4) is 0 Å². The first-order valence-electron chi connectivity index (χ1n) is 8.71. The van der Waals surface area contributed by atoms with Crippen LogP contribution in [0.5, 0.6) is 0 Å². The lowest BCUT2D eigenvalue weighted by molar-refractivity contribution is 0.0894. The van der Waals surface area contributed by atoms with Gasteiger partial charge in [-0.25, -0.2) is 0 Å². The summed E-state index contributed by atoms with van der Waals surface area (Å²) in [5.41, 5.74) is 1.55. The lowest BCUT2D eigenvalue weighted by Crippen LogP contribution is -2.29. The maximum absolute atomic E-state index is 12.6. The van der Waals surface area contributed by atoms with Gasteiger partial charge in [0, 0.05) is 18.2 Å². The Hall–Kier alpha value is -2.70. The minimum absolute atomic E-state index is 0.227. The molecule has 7 heteroatoms. The third-order valence-corrected chi connectivity index (χ3v) is 4.40. The molecule has 3 heterocycles. The van der Waals surface area contributed by atoms with Gasteiger partial charge in [0.25, 0.3) is 5.91 Å². The SMILES string of the molecule is CCC[C@H](NC(=O)c1cc([C@H](C)CC)no1)c1nnc2ccccn12. The molecule has 0 aliphatic heterocycles. The summed E-state index contributed by atoms with van der Waals surface area (Å²) < 4.78 is 7.12. The molecule has 3 aromatic heterocycles. The van der Waals surface area contributed by atoms with Crippen LogP contribution in [0.4, 0.5) is 0 Å². The summed E-state index contributed by atoms with van der Waals surface area (Å²) in [6.45, 7) is 6.20. The van der Waals surface area contributed by atoms with Gasteiger partial charge in [0.1, 0.15) is 0 Å². The van der Waals surface area contributed by atoms with Gasteiger partial charge in [0.15, 0.2) is 11.5 Å². The van der Waals surface area contributed by atoms with Crippen molar-refractivity contribution in [2.75, 3.05) is 0 Å². The van der Waals surface area contributed by atoms with E-state index in [1.165, 1.54) is 0 Å². The van der Waals surface area contributed by atoms with Crippen LogP contribution in [0, 0.1) is 0 Å². The zero-order chi connectivity index (χ0) is 17.8. The molecule has 1 amide bonds. The highest BCUT2D eigenvalue weighted by Gasteiger charge is 2.23. The highest BCUT2D eigenvalue weighted by molar-refractivity contribution is 5.91. The fourth-order valence-electron chi connectivity index (χ4n) is 2.72. The smallest absolute Gasteiger partial charge is 0.290 e. The van der Waals surface area contributed by atoms with Crippen molar-refractivity contribution in [2.45, 2.75) is 52.0 Å². The molecular weight excluding hydrogens is 318 g/mol. The van der Waals surface area contributed by atoms with Crippen molar-refractivity contribution in [3.05, 3.63) is 47.7 Å². The monoisotopic (exact) mass is 341 g/mol. The van der Waals surface area contributed by atoms with Gasteiger partial charge in [0.05, 0.1) is 11.7 Å². The molecule has 0 radical (unpaired) electrons. The van der Waals surface area contributed by atoms with Gasteiger partial charge in [0.2, 0.25) is 5.76 Å². The van der Waals surface area contributed by atoms with E-state index >= 15 is 0 Å². The number of nitrogens with one attached hydrogen (secondary N) is 1. The molecular formula is C18H23N5O2. The van der Waals surface area contributed by atoms with Gasteiger partial charge in [-0.15, -0.1) is 10.2 Å². The van der Waals surface area contributed by atoms with Crippen LogP contribution in [-0.2, 0) is 0 Å². The Kier molecular flexibility index (Phi) is 5.11. The van der Waals surface area contributed by atoms with Crippen LogP contribution in [-0.4, -0.2) is 25.7 Å². The molecule has 132 valence electrons. The predicted octanol–water partition coefficient (Wildman–Crippen LogP) is 3.50. The second-order valence-corrected chi connectivity index (χ2v) is 6.23. The first-order valence-corrected chi connectivity index (χ1v) is 8.71. The average Bonchev–Trinajstić information content (AvgIpc) is 3.28. The summed E-state index contributed by atoms with van der Waals surface area (Å²) >= 11 is 0. The molecule has 1 N–H and O–H groups in total. The number of fused-ring (bicyclic) bond motifs is 1. The largest absolute Gasteiger partial charge is 0.351 e. The van der Waals surface area contributed by atoms with Crippen LogP contribution >= 0.6 is 0 Å². The maximum atomic E-state index is 12.6. The average molecular weight is 341 g/mol. The van der Waals surface area contributed by atoms with E-state index in [4.69, 9.17) is 4.52 Å². The molecule has 3 rings (SSSR count). The number of aromatic nitrogens is 4. The Labute approximate surface area is 146 Å². The van der Waals surface area contributed by atoms with Gasteiger partial charge in [-0.05, 0) is 25.0 Å². The quantitative estimate of drug-likeness (QED) is 0.711. The number of pyridine rings is 1. The topological polar surface area (TPSA) is 85.3 Å². The highest BCUT2D eigenvalue weighted by Crippen LogP contribution is 2.21. The van der Waals surface area contributed by atoms with Gasteiger partial charge in [-0.1, -0.05) is 38.4 Å². The Morgan fingerprint density at radius 1 is 1.32 bits per heavy atom. The van der Waals surface area contributed by atoms with Gasteiger partial charge in [-0.3, -0.25) is 9.20 Å². The van der Waals surface area contributed by atoms with Crippen molar-refractivity contribution in [3.8, 4) is 0 Å². The summed E-state index contributed by atoms with van der Waals surface area (Å²) in [7, 11) is 0. The number of hydrogen-bond acceptors (Lipinski definition) is 5. The van der Waals surface area contributed by atoms with Crippen LogP contribution in [0.15, 0.2) is 35.0 Å². The van der Waals surface area contributed by atoms with Gasteiger partial charge >= 0.3 is 0 Å². The van der Waals surface area contributed by atoms with E-state index in [2.05, 4.69) is 41.4 Å². The third-order valence-electron chi connectivity index (χ3n) is 4.40. The van der Waals surface area contributed by atoms with Gasteiger partial charge < -0.3 is 9.84 Å². The molecule has 2 atom stereocenters. The molecule has 25 heavy (non-hydrogen) atoms. The van der Waals surface area contributed by atoms with E-state index in [0.29, 0.717) is 5.82 Å². The van der Waals surface area contributed by atoms with Crippen molar-refractivity contribution in [2.24, 2.45) is 0 Å². The molecule has 7 nitrogen and oxygen atoms in total. The number of rotatable bonds is 7. The lowest BCUT2D eigenvalue weighted by Gasteiger charge is -2.15. The molecule has 0 bridgehead atoms. The molecule has 0 fully saturated rings. The first kappa shape index (κ1) is 17.1. The number of nitrogens with zero attached hydrogens (tertiary/aromatic N) is 4. The molecule has 0 saturated carbocycles. The van der Waals surface area contributed by atoms with Crippen LogP contribution in [0.25, 0.3) is 5.65 Å². The normalized spacial score (nSPS) is 13.7. The minimum Gasteiger partial charge on any atom is -0.351 e. The predicted molar refractivity (Wildman–Crippen MR) is 93.3 cm³/mol. The van der Waals surface area contributed by atoms with Crippen molar-refractivity contribution >= 4 is 11.6 Å². The molecule has 0 spiro atoms.